The SMILES string of the molecule is COc1cc(N)c(Cl)cc1C(=O)NCCN1CCC(C)(O)CC1. The minimum absolute atomic E-state index is 0.243. The molecule has 1 aliphatic heterocycles. The van der Waals surface area contributed by atoms with Crippen molar-refractivity contribution in [3.05, 3.63) is 22.7 Å². The van der Waals surface area contributed by atoms with E-state index in [0.29, 0.717) is 28.6 Å². The number of hydrogen-bond acceptors (Lipinski definition) is 5. The number of amides is 1. The monoisotopic (exact) mass is 341 g/mol. The van der Waals surface area contributed by atoms with Crippen LogP contribution < -0.4 is 15.8 Å². The summed E-state index contributed by atoms with van der Waals surface area (Å²) in [6.45, 7) is 4.79. The summed E-state index contributed by atoms with van der Waals surface area (Å²) in [4.78, 5) is 14.5. The van der Waals surface area contributed by atoms with Crippen LogP contribution in [0.1, 0.15) is 30.1 Å². The number of rotatable bonds is 5. The Morgan fingerprint density at radius 1 is 1.48 bits per heavy atom. The zero-order chi connectivity index (χ0) is 17.0. The topological polar surface area (TPSA) is 87.8 Å². The summed E-state index contributed by atoms with van der Waals surface area (Å²) in [5.41, 5.74) is 5.90. The van der Waals surface area contributed by atoms with Crippen LogP contribution in [0.5, 0.6) is 5.75 Å². The van der Waals surface area contributed by atoms with Crippen molar-refractivity contribution in [3.63, 3.8) is 0 Å². The Hall–Kier alpha value is -1.50. The Morgan fingerprint density at radius 2 is 2.13 bits per heavy atom. The molecule has 0 aromatic heterocycles. The van der Waals surface area contributed by atoms with Crippen LogP contribution in [-0.4, -0.2) is 54.8 Å². The van der Waals surface area contributed by atoms with Crippen LogP contribution in [0.3, 0.4) is 0 Å². The molecule has 1 fully saturated rings. The lowest BCUT2D eigenvalue weighted by molar-refractivity contribution is -0.00489. The van der Waals surface area contributed by atoms with Crippen molar-refractivity contribution in [1.29, 1.82) is 0 Å². The fraction of sp³-hybridized carbons (Fsp3) is 0.562. The molecular weight excluding hydrogens is 318 g/mol. The van der Waals surface area contributed by atoms with Gasteiger partial charge >= 0.3 is 0 Å². The van der Waals surface area contributed by atoms with Crippen molar-refractivity contribution < 1.29 is 14.6 Å². The number of nitrogen functional groups attached to an aromatic ring is 1. The predicted molar refractivity (Wildman–Crippen MR) is 91.0 cm³/mol. The van der Waals surface area contributed by atoms with Crippen molar-refractivity contribution in [1.82, 2.24) is 10.2 Å². The van der Waals surface area contributed by atoms with Crippen LogP contribution >= 0.6 is 11.6 Å². The van der Waals surface area contributed by atoms with Gasteiger partial charge in [0.1, 0.15) is 5.75 Å². The molecule has 1 aliphatic rings. The Bertz CT molecular complexity index is 568. The minimum atomic E-state index is -0.562. The molecule has 1 aromatic rings. The zero-order valence-corrected chi connectivity index (χ0v) is 14.3. The number of nitrogens with two attached hydrogens (primary N) is 1. The van der Waals surface area contributed by atoms with Gasteiger partial charge in [-0.3, -0.25) is 4.79 Å². The molecule has 2 rings (SSSR count). The van der Waals surface area contributed by atoms with Gasteiger partial charge in [-0.1, -0.05) is 11.6 Å². The number of benzene rings is 1. The standard InChI is InChI=1S/C16H24ClN3O3/c1-16(22)3-6-20(7-4-16)8-5-19-15(21)11-9-12(17)13(18)10-14(11)23-2/h9-10,22H,3-8,18H2,1-2H3,(H,19,21). The van der Waals surface area contributed by atoms with E-state index in [1.165, 1.54) is 13.2 Å². The molecule has 1 heterocycles. The van der Waals surface area contributed by atoms with Gasteiger partial charge in [0.25, 0.3) is 5.91 Å². The first-order chi connectivity index (χ1) is 10.8. The summed E-state index contributed by atoms with van der Waals surface area (Å²) in [5.74, 6) is 0.158. The van der Waals surface area contributed by atoms with E-state index < -0.39 is 5.60 Å². The summed E-state index contributed by atoms with van der Waals surface area (Å²) in [6, 6.07) is 3.06. The highest BCUT2D eigenvalue weighted by molar-refractivity contribution is 6.33. The van der Waals surface area contributed by atoms with Crippen molar-refractivity contribution in [2.24, 2.45) is 0 Å². The number of nitrogens with zero attached hydrogens (tertiary/aromatic N) is 1. The average molecular weight is 342 g/mol. The molecule has 1 aromatic carbocycles. The smallest absolute Gasteiger partial charge is 0.255 e. The number of carbonyl (C=O) groups is 1. The van der Waals surface area contributed by atoms with Crippen LogP contribution in [0.4, 0.5) is 5.69 Å². The molecule has 0 unspecified atom stereocenters. The quantitative estimate of drug-likeness (QED) is 0.706. The molecule has 23 heavy (non-hydrogen) atoms. The Kier molecular flexibility index (Phi) is 5.73. The first-order valence-corrected chi connectivity index (χ1v) is 8.06. The number of methoxy groups -OCH3 is 1. The van der Waals surface area contributed by atoms with Gasteiger partial charge in [-0.25, -0.2) is 0 Å². The number of aliphatic hydroxyl groups is 1. The predicted octanol–water partition coefficient (Wildman–Crippen LogP) is 1.51. The Labute approximate surface area is 141 Å². The summed E-state index contributed by atoms with van der Waals surface area (Å²) in [5, 5.41) is 13.1. The molecule has 0 saturated carbocycles. The maximum Gasteiger partial charge on any atom is 0.255 e. The van der Waals surface area contributed by atoms with Gasteiger partial charge in [-0.05, 0) is 25.8 Å². The molecule has 0 bridgehead atoms. The maximum atomic E-state index is 12.3. The molecule has 6 nitrogen and oxygen atoms in total. The lowest BCUT2D eigenvalue weighted by atomic mass is 9.94. The maximum absolute atomic E-state index is 12.3. The molecule has 0 radical (unpaired) electrons. The number of piperidine rings is 1. The molecular formula is C16H24ClN3O3. The fourth-order valence-electron chi connectivity index (χ4n) is 2.60. The van der Waals surface area contributed by atoms with Gasteiger partial charge in [0.2, 0.25) is 0 Å². The highest BCUT2D eigenvalue weighted by Gasteiger charge is 2.27. The van der Waals surface area contributed by atoms with Gasteiger partial charge in [0.15, 0.2) is 0 Å². The van der Waals surface area contributed by atoms with E-state index >= 15 is 0 Å². The number of anilines is 1. The van der Waals surface area contributed by atoms with E-state index in [1.54, 1.807) is 6.07 Å². The molecule has 7 heteroatoms. The molecule has 4 N–H and O–H groups in total. The second kappa shape index (κ2) is 7.38. The first kappa shape index (κ1) is 17.8. The number of halogens is 1. The van der Waals surface area contributed by atoms with Crippen LogP contribution in [-0.2, 0) is 0 Å². The first-order valence-electron chi connectivity index (χ1n) is 7.68. The van der Waals surface area contributed by atoms with Crippen LogP contribution in [0.2, 0.25) is 5.02 Å². The Balaban J connectivity index is 1.87. The van der Waals surface area contributed by atoms with Gasteiger partial charge in [0, 0.05) is 32.2 Å². The summed E-state index contributed by atoms with van der Waals surface area (Å²) in [6.07, 6.45) is 1.50. The van der Waals surface area contributed by atoms with E-state index in [1.807, 2.05) is 6.92 Å². The van der Waals surface area contributed by atoms with Crippen LogP contribution in [0.15, 0.2) is 12.1 Å². The second-order valence-corrected chi connectivity index (χ2v) is 6.58. The van der Waals surface area contributed by atoms with Crippen molar-refractivity contribution in [2.75, 3.05) is 39.0 Å². The zero-order valence-electron chi connectivity index (χ0n) is 13.6. The Morgan fingerprint density at radius 3 is 2.74 bits per heavy atom. The number of likely N-dealkylation sites (tertiary alicyclic amines) is 1. The van der Waals surface area contributed by atoms with Gasteiger partial charge in [-0.15, -0.1) is 0 Å². The number of carbonyl (C=O) groups excluding carboxylic acids is 1. The summed E-state index contributed by atoms with van der Waals surface area (Å²) < 4.78 is 5.18. The van der Waals surface area contributed by atoms with Crippen LogP contribution in [0, 0.1) is 0 Å². The lowest BCUT2D eigenvalue weighted by Gasteiger charge is -2.35. The van der Waals surface area contributed by atoms with E-state index in [0.717, 1.165) is 32.5 Å². The van der Waals surface area contributed by atoms with Gasteiger partial charge in [-0.2, -0.15) is 0 Å². The normalized spacial score (nSPS) is 17.7. The lowest BCUT2D eigenvalue weighted by Crippen LogP contribution is -2.45. The third-order valence-corrected chi connectivity index (χ3v) is 4.54. The average Bonchev–Trinajstić information content (AvgIpc) is 2.51. The van der Waals surface area contributed by atoms with Gasteiger partial charge in [0.05, 0.1) is 29.0 Å². The molecule has 0 spiro atoms. The molecule has 128 valence electrons. The van der Waals surface area contributed by atoms with Crippen molar-refractivity contribution in [2.45, 2.75) is 25.4 Å². The molecule has 1 saturated heterocycles. The third kappa shape index (κ3) is 4.73. The molecule has 0 atom stereocenters. The van der Waals surface area contributed by atoms with E-state index in [-0.39, 0.29) is 5.91 Å². The second-order valence-electron chi connectivity index (χ2n) is 6.17. The third-order valence-electron chi connectivity index (χ3n) is 4.21. The minimum Gasteiger partial charge on any atom is -0.496 e. The molecule has 1 amide bonds. The van der Waals surface area contributed by atoms with E-state index in [2.05, 4.69) is 10.2 Å². The van der Waals surface area contributed by atoms with Crippen molar-refractivity contribution in [3.8, 4) is 5.75 Å². The summed E-state index contributed by atoms with van der Waals surface area (Å²) in [7, 11) is 1.49. The summed E-state index contributed by atoms with van der Waals surface area (Å²) >= 11 is 5.98. The number of nitrogens with one attached hydrogen (secondary N) is 1. The van der Waals surface area contributed by atoms with Gasteiger partial charge < -0.3 is 25.8 Å². The van der Waals surface area contributed by atoms with E-state index in [4.69, 9.17) is 22.1 Å². The number of ether oxygens (including phenoxy) is 1. The largest absolute Gasteiger partial charge is 0.496 e. The van der Waals surface area contributed by atoms with Crippen molar-refractivity contribution >= 4 is 23.2 Å². The highest BCUT2D eigenvalue weighted by atomic mass is 35.5. The highest BCUT2D eigenvalue weighted by Crippen LogP contribution is 2.28. The molecule has 0 aliphatic carbocycles. The van der Waals surface area contributed by atoms with E-state index in [9.17, 15) is 9.90 Å². The van der Waals surface area contributed by atoms with Crippen LogP contribution in [0.25, 0.3) is 0 Å². The fourth-order valence-corrected chi connectivity index (χ4v) is 2.76. The number of hydrogen-bond donors (Lipinski definition) is 3.